The molecule has 0 unspecified atom stereocenters. The Balaban J connectivity index is 1.33. The van der Waals surface area contributed by atoms with Crippen molar-refractivity contribution in [1.29, 1.82) is 0 Å². The Labute approximate surface area is 251 Å². The fraction of sp³-hybridized carbons (Fsp3) is 0.552. The van der Waals surface area contributed by atoms with E-state index in [4.69, 9.17) is 33.2 Å². The van der Waals surface area contributed by atoms with Crippen molar-refractivity contribution in [2.45, 2.75) is 80.9 Å². The maximum atomic E-state index is 13.1. The van der Waals surface area contributed by atoms with Crippen LogP contribution in [0.1, 0.15) is 35.4 Å². The number of benzene rings is 2. The summed E-state index contributed by atoms with van der Waals surface area (Å²) in [6, 6.07) is 7.38. The second-order valence-corrected chi connectivity index (χ2v) is 10.8. The lowest BCUT2D eigenvalue weighted by atomic mass is 9.95. The number of phenols is 1. The van der Waals surface area contributed by atoms with Crippen LogP contribution in [-0.2, 0) is 14.2 Å². The molecule has 0 saturated carbocycles. The largest absolute Gasteiger partial charge is 0.504 e. The molecule has 3 aliphatic heterocycles. The summed E-state index contributed by atoms with van der Waals surface area (Å²) in [6.07, 6.45) is -15.5. The average Bonchev–Trinajstić information content (AvgIpc) is 3.01. The molecular weight excluding hydrogens is 588 g/mol. The first-order chi connectivity index (χ1) is 20.9. The summed E-state index contributed by atoms with van der Waals surface area (Å²) in [5.74, 6) is 0.0679. The zero-order valence-corrected chi connectivity index (χ0v) is 24.0. The third-order valence-electron chi connectivity index (χ3n) is 7.91. The molecule has 0 bridgehead atoms. The molecule has 7 N–H and O–H groups in total. The van der Waals surface area contributed by atoms with Gasteiger partial charge in [-0.1, -0.05) is 6.07 Å². The van der Waals surface area contributed by atoms with Crippen molar-refractivity contribution >= 4 is 5.78 Å². The van der Waals surface area contributed by atoms with Crippen LogP contribution >= 0.6 is 0 Å². The van der Waals surface area contributed by atoms with Crippen LogP contribution in [0.4, 0.5) is 0 Å². The molecule has 2 fully saturated rings. The molecule has 11 atom stereocenters. The normalized spacial score (nSPS) is 35.4. The molecule has 0 radical (unpaired) electrons. The van der Waals surface area contributed by atoms with E-state index in [1.807, 2.05) is 0 Å². The van der Waals surface area contributed by atoms with E-state index in [-0.39, 0.29) is 46.5 Å². The van der Waals surface area contributed by atoms with Crippen molar-refractivity contribution < 1.29 is 73.7 Å². The van der Waals surface area contributed by atoms with Gasteiger partial charge in [0, 0.05) is 12.1 Å². The lowest BCUT2D eigenvalue weighted by Crippen LogP contribution is -2.61. The molecule has 0 amide bonds. The summed E-state index contributed by atoms with van der Waals surface area (Å²) in [6.45, 7) is 1.00. The predicted octanol–water partition coefficient (Wildman–Crippen LogP) is -0.854. The highest BCUT2D eigenvalue weighted by Crippen LogP contribution is 2.44. The number of rotatable bonds is 8. The van der Waals surface area contributed by atoms with Gasteiger partial charge in [0.05, 0.1) is 33.4 Å². The van der Waals surface area contributed by atoms with Crippen LogP contribution < -0.4 is 18.9 Å². The van der Waals surface area contributed by atoms with Gasteiger partial charge in [-0.05, 0) is 24.6 Å². The van der Waals surface area contributed by atoms with Gasteiger partial charge in [-0.15, -0.1) is 0 Å². The number of ether oxygens (including phenoxy) is 7. The summed E-state index contributed by atoms with van der Waals surface area (Å²) < 4.78 is 39.0. The molecular formula is C29H36O15. The number of fused-ring (bicyclic) bond motifs is 1. The van der Waals surface area contributed by atoms with Gasteiger partial charge in [-0.25, -0.2) is 0 Å². The monoisotopic (exact) mass is 624 g/mol. The summed E-state index contributed by atoms with van der Waals surface area (Å²) in [5.41, 5.74) is 0.676. The topological polar surface area (TPSA) is 223 Å². The fourth-order valence-corrected chi connectivity index (χ4v) is 5.35. The third kappa shape index (κ3) is 6.15. The van der Waals surface area contributed by atoms with Gasteiger partial charge >= 0.3 is 0 Å². The van der Waals surface area contributed by atoms with Gasteiger partial charge in [0.2, 0.25) is 6.29 Å². The first-order valence-electron chi connectivity index (χ1n) is 13.9. The second kappa shape index (κ2) is 13.0. The molecule has 15 heteroatoms. The number of aliphatic hydroxyl groups excluding tert-OH is 6. The number of hydrogen-bond acceptors (Lipinski definition) is 15. The maximum absolute atomic E-state index is 13.1. The Kier molecular flexibility index (Phi) is 9.50. The Bertz CT molecular complexity index is 1340. The van der Waals surface area contributed by atoms with Gasteiger partial charge in [0.1, 0.15) is 71.6 Å². The highest BCUT2D eigenvalue weighted by atomic mass is 16.7. The minimum Gasteiger partial charge on any atom is -0.504 e. The van der Waals surface area contributed by atoms with E-state index in [0.29, 0.717) is 5.56 Å². The number of ketones is 1. The van der Waals surface area contributed by atoms with E-state index in [9.17, 15) is 40.5 Å². The number of aromatic hydroxyl groups is 1. The first-order valence-corrected chi connectivity index (χ1v) is 13.9. The van der Waals surface area contributed by atoms with Crippen LogP contribution in [0, 0.1) is 0 Å². The second-order valence-electron chi connectivity index (χ2n) is 10.8. The SMILES string of the molecule is COc1ccc([C@H]2CC(=O)c3c(OC)cc(O[C@H]4O[C@H](CO[C@H]5O[C@@H](C)[C@@H](O)[C@H](O)[C@@H]5O)[C@H](O)[C@H](O)[C@H]4O)cc3O2)cc1O. The number of methoxy groups -OCH3 is 2. The smallest absolute Gasteiger partial charge is 0.229 e. The summed E-state index contributed by atoms with van der Waals surface area (Å²) in [5, 5.41) is 72.0. The van der Waals surface area contributed by atoms with Crippen molar-refractivity contribution in [2.24, 2.45) is 0 Å². The van der Waals surface area contributed by atoms with Crippen molar-refractivity contribution in [1.82, 2.24) is 0 Å². The molecule has 0 aliphatic carbocycles. The number of aliphatic hydroxyl groups is 6. The Morgan fingerprint density at radius 1 is 0.818 bits per heavy atom. The highest BCUT2D eigenvalue weighted by Gasteiger charge is 2.47. The van der Waals surface area contributed by atoms with E-state index in [0.717, 1.165) is 0 Å². The fourth-order valence-electron chi connectivity index (χ4n) is 5.35. The zero-order chi connectivity index (χ0) is 31.9. The number of hydrogen-bond donors (Lipinski definition) is 7. The Hall–Kier alpha value is -3.25. The van der Waals surface area contributed by atoms with E-state index in [1.165, 1.54) is 39.3 Å². The molecule has 5 rings (SSSR count). The van der Waals surface area contributed by atoms with Crippen LogP contribution in [0.15, 0.2) is 30.3 Å². The van der Waals surface area contributed by atoms with Crippen molar-refractivity contribution in [3.63, 3.8) is 0 Å². The van der Waals surface area contributed by atoms with Crippen LogP contribution in [0.25, 0.3) is 0 Å². The minimum atomic E-state index is -1.74. The number of phenolic OH excluding ortho intramolecular Hbond substituents is 1. The molecule has 2 aromatic carbocycles. The van der Waals surface area contributed by atoms with Crippen LogP contribution in [0.3, 0.4) is 0 Å². The minimum absolute atomic E-state index is 0.0240. The predicted molar refractivity (Wildman–Crippen MR) is 146 cm³/mol. The van der Waals surface area contributed by atoms with Crippen molar-refractivity contribution in [2.75, 3.05) is 20.8 Å². The molecule has 2 saturated heterocycles. The molecule has 0 spiro atoms. The number of carbonyl (C=O) groups is 1. The number of Topliss-reactive ketones (excluding diaryl/α,β-unsaturated/α-hetero) is 1. The van der Waals surface area contributed by atoms with E-state index < -0.39 is 74.1 Å². The lowest BCUT2D eigenvalue weighted by molar-refractivity contribution is -0.318. The van der Waals surface area contributed by atoms with Gasteiger partial charge < -0.3 is 68.9 Å². The third-order valence-corrected chi connectivity index (χ3v) is 7.91. The standard InChI is InChI=1S/C29H36O15/c1-11-22(32)24(34)26(36)28(41-11)40-10-20-23(33)25(35)27(37)29(44-20)42-13-7-18(39-3)21-15(31)9-17(43-19(21)8-13)12-4-5-16(38-2)14(30)6-12/h4-8,11,17,20,22-30,32-37H,9-10H2,1-3H3/t11-,17+,20+,22+,23-,24-,25-,26-,27+,28-,29-/m0/s1. The van der Waals surface area contributed by atoms with Crippen molar-refractivity contribution in [3.8, 4) is 28.7 Å². The molecule has 3 aliphatic rings. The summed E-state index contributed by atoms with van der Waals surface area (Å²) >= 11 is 0. The van der Waals surface area contributed by atoms with Gasteiger partial charge in [0.15, 0.2) is 23.6 Å². The van der Waals surface area contributed by atoms with Gasteiger partial charge in [-0.3, -0.25) is 4.79 Å². The van der Waals surface area contributed by atoms with E-state index in [1.54, 1.807) is 12.1 Å². The zero-order valence-electron chi connectivity index (χ0n) is 24.0. The molecule has 44 heavy (non-hydrogen) atoms. The molecule has 2 aromatic rings. The highest BCUT2D eigenvalue weighted by molar-refractivity contribution is 6.02. The Morgan fingerprint density at radius 3 is 2.18 bits per heavy atom. The first kappa shape index (κ1) is 32.2. The van der Waals surface area contributed by atoms with E-state index >= 15 is 0 Å². The van der Waals surface area contributed by atoms with Gasteiger partial charge in [0.25, 0.3) is 0 Å². The summed E-state index contributed by atoms with van der Waals surface area (Å²) in [7, 11) is 2.76. The summed E-state index contributed by atoms with van der Waals surface area (Å²) in [4.78, 5) is 13.1. The average molecular weight is 625 g/mol. The van der Waals surface area contributed by atoms with Crippen LogP contribution in [-0.4, -0.2) is 124 Å². The van der Waals surface area contributed by atoms with Crippen molar-refractivity contribution in [3.05, 3.63) is 41.5 Å². The van der Waals surface area contributed by atoms with E-state index in [2.05, 4.69) is 0 Å². The Morgan fingerprint density at radius 2 is 1.50 bits per heavy atom. The molecule has 0 aromatic heterocycles. The number of carbonyl (C=O) groups excluding carboxylic acids is 1. The van der Waals surface area contributed by atoms with Gasteiger partial charge in [-0.2, -0.15) is 0 Å². The lowest BCUT2D eigenvalue weighted by Gasteiger charge is -2.42. The maximum Gasteiger partial charge on any atom is 0.229 e. The van der Waals surface area contributed by atoms with Crippen LogP contribution in [0.2, 0.25) is 0 Å². The molecule has 242 valence electrons. The molecule has 3 heterocycles. The van der Waals surface area contributed by atoms with Crippen LogP contribution in [0.5, 0.6) is 28.7 Å². The quantitative estimate of drug-likeness (QED) is 0.190. The molecule has 15 nitrogen and oxygen atoms in total.